The van der Waals surface area contributed by atoms with Crippen LogP contribution < -0.4 is 10.6 Å². The lowest BCUT2D eigenvalue weighted by Gasteiger charge is -2.18. The second-order valence-corrected chi connectivity index (χ2v) is 10.3. The van der Waals surface area contributed by atoms with Crippen LogP contribution in [0.2, 0.25) is 0 Å². The van der Waals surface area contributed by atoms with Gasteiger partial charge in [0, 0.05) is 54.6 Å². The van der Waals surface area contributed by atoms with E-state index in [4.69, 9.17) is 4.74 Å². The predicted octanol–water partition coefficient (Wildman–Crippen LogP) is 5.78. The molecule has 0 heterocycles. The summed E-state index contributed by atoms with van der Waals surface area (Å²) in [5, 5.41) is 6.15. The van der Waals surface area contributed by atoms with E-state index in [0.29, 0.717) is 62.4 Å². The average molecular weight is 538 g/mol. The van der Waals surface area contributed by atoms with Crippen LogP contribution in [0, 0.1) is 5.92 Å². The summed E-state index contributed by atoms with van der Waals surface area (Å²) in [5.74, 6) is -0.320. The van der Waals surface area contributed by atoms with Gasteiger partial charge in [0.15, 0.2) is 5.78 Å². The fourth-order valence-electron chi connectivity index (χ4n) is 5.17. The largest absolute Gasteiger partial charge is 0.366 e. The van der Waals surface area contributed by atoms with E-state index in [2.05, 4.69) is 22.5 Å². The van der Waals surface area contributed by atoms with Crippen LogP contribution in [0.1, 0.15) is 67.8 Å². The van der Waals surface area contributed by atoms with Gasteiger partial charge in [-0.1, -0.05) is 37.3 Å². The van der Waals surface area contributed by atoms with Crippen molar-refractivity contribution in [1.29, 1.82) is 0 Å². The summed E-state index contributed by atoms with van der Waals surface area (Å²) in [7, 11) is 1.63. The zero-order chi connectivity index (χ0) is 27.8. The molecule has 208 valence electrons. The fourth-order valence-corrected chi connectivity index (χ4v) is 5.17. The lowest BCUT2D eigenvalue weighted by Crippen LogP contribution is -2.26. The topological polar surface area (TPSA) is 79.8 Å². The molecule has 0 fully saturated rings. The summed E-state index contributed by atoms with van der Waals surface area (Å²) in [6, 6.07) is 7.67. The van der Waals surface area contributed by atoms with Gasteiger partial charge in [-0.05, 0) is 67.9 Å². The number of nitrogens with zero attached hydrogens (tertiary/aromatic N) is 1. The maximum Gasteiger partial charge on any atom is 0.224 e. The number of allylic oxidation sites excluding steroid dienone is 8. The second kappa shape index (κ2) is 13.7. The Kier molecular flexibility index (Phi) is 10.1. The van der Waals surface area contributed by atoms with E-state index in [1.54, 1.807) is 13.1 Å². The monoisotopic (exact) mass is 537 g/mol. The molecule has 0 saturated heterocycles. The highest BCUT2D eigenvalue weighted by Crippen LogP contribution is 2.39. The van der Waals surface area contributed by atoms with Gasteiger partial charge in [0.1, 0.15) is 12.0 Å². The summed E-state index contributed by atoms with van der Waals surface area (Å²) in [6.45, 7) is 3.63. The fraction of sp³-hybridized carbons (Fsp3) is 0.452. The molecule has 2 N–H and O–H groups in total. The van der Waals surface area contributed by atoms with Gasteiger partial charge in [-0.3, -0.25) is 19.9 Å². The van der Waals surface area contributed by atoms with Crippen molar-refractivity contribution in [2.45, 2.75) is 58.0 Å². The van der Waals surface area contributed by atoms with Crippen LogP contribution in [0.4, 0.5) is 8.78 Å². The number of rotatable bonds is 13. The third-order valence-corrected chi connectivity index (χ3v) is 7.30. The van der Waals surface area contributed by atoms with E-state index in [0.717, 1.165) is 41.3 Å². The number of carbonyl (C=O) groups is 2. The van der Waals surface area contributed by atoms with Crippen molar-refractivity contribution < 1.29 is 23.1 Å². The third kappa shape index (κ3) is 7.46. The highest BCUT2D eigenvalue weighted by atomic mass is 19.1. The van der Waals surface area contributed by atoms with Gasteiger partial charge >= 0.3 is 0 Å². The Balaban J connectivity index is 1.07. The van der Waals surface area contributed by atoms with Gasteiger partial charge in [0.05, 0.1) is 6.73 Å². The van der Waals surface area contributed by atoms with Gasteiger partial charge in [0.2, 0.25) is 5.91 Å². The molecule has 1 aromatic rings. The molecule has 8 heteroatoms. The Morgan fingerprint density at radius 2 is 2.03 bits per heavy atom. The van der Waals surface area contributed by atoms with E-state index in [1.807, 2.05) is 30.3 Å². The molecule has 3 aliphatic rings. The minimum Gasteiger partial charge on any atom is -0.366 e. The summed E-state index contributed by atoms with van der Waals surface area (Å²) < 4.78 is 33.1. The number of hydrogen-bond donors (Lipinski definition) is 2. The molecule has 2 atom stereocenters. The average Bonchev–Trinajstić information content (AvgIpc) is 3.20. The van der Waals surface area contributed by atoms with E-state index in [9.17, 15) is 18.4 Å². The maximum absolute atomic E-state index is 14.1. The van der Waals surface area contributed by atoms with Gasteiger partial charge in [-0.15, -0.1) is 0 Å². The van der Waals surface area contributed by atoms with Crippen molar-refractivity contribution in [2.24, 2.45) is 10.9 Å². The van der Waals surface area contributed by atoms with E-state index < -0.39 is 12.0 Å². The number of Topliss-reactive ketones (excluding diaryl/α,β-unsaturated/α-hetero) is 1. The number of nitrogens with one attached hydrogen (secondary N) is 2. The SMILES string of the molecule is CN=C(CC(C)CCOCNCCCC(=O)NC1=CC2=C(CC1)c1ccccc1C2=O)C1=CCC(F)C=C1F. The van der Waals surface area contributed by atoms with Crippen LogP contribution >= 0.6 is 0 Å². The van der Waals surface area contributed by atoms with E-state index >= 15 is 0 Å². The zero-order valence-corrected chi connectivity index (χ0v) is 22.7. The van der Waals surface area contributed by atoms with Crippen LogP contribution in [0.25, 0.3) is 5.57 Å². The minimum absolute atomic E-state index is 0.0357. The van der Waals surface area contributed by atoms with Crippen molar-refractivity contribution in [1.82, 2.24) is 10.6 Å². The number of carbonyl (C=O) groups excluding carboxylic acids is 2. The molecule has 2 unspecified atom stereocenters. The molecule has 39 heavy (non-hydrogen) atoms. The number of alkyl halides is 1. The second-order valence-electron chi connectivity index (χ2n) is 10.3. The highest BCUT2D eigenvalue weighted by Gasteiger charge is 2.30. The molecule has 0 radical (unpaired) electrons. The first-order chi connectivity index (χ1) is 18.9. The molecular formula is C31H37F2N3O3. The molecule has 6 nitrogen and oxygen atoms in total. The Bertz CT molecular complexity index is 1250. The summed E-state index contributed by atoms with van der Waals surface area (Å²) in [4.78, 5) is 29.3. The van der Waals surface area contributed by atoms with Crippen molar-refractivity contribution in [2.75, 3.05) is 26.9 Å². The van der Waals surface area contributed by atoms with E-state index in [1.165, 1.54) is 0 Å². The lowest BCUT2D eigenvalue weighted by molar-refractivity contribution is -0.120. The first-order valence-corrected chi connectivity index (χ1v) is 13.7. The highest BCUT2D eigenvalue weighted by molar-refractivity contribution is 6.22. The first-order valence-electron chi connectivity index (χ1n) is 13.7. The van der Waals surface area contributed by atoms with Gasteiger partial charge in [0.25, 0.3) is 0 Å². The Morgan fingerprint density at radius 1 is 1.23 bits per heavy atom. The molecule has 0 bridgehead atoms. The molecule has 3 aliphatic carbocycles. The van der Waals surface area contributed by atoms with Gasteiger partial charge < -0.3 is 10.1 Å². The number of fused-ring (bicyclic) bond motifs is 2. The summed E-state index contributed by atoms with van der Waals surface area (Å²) in [6.07, 6.45) is 7.25. The standard InChI is InChI=1S/C31H37F2N3O3/c1-20(16-29(34-2)26-11-9-21(32)17-28(26)33)13-15-39-19-35-14-5-8-30(37)36-22-10-12-24-23-6-3-4-7-25(23)31(38)27(24)18-22/h3-4,6-7,11,17-18,20-21,35H,5,8-10,12-16,19H2,1-2H3,(H,36,37). The number of hydrogen-bond acceptors (Lipinski definition) is 5. The van der Waals surface area contributed by atoms with Crippen molar-refractivity contribution in [3.05, 3.63) is 76.3 Å². The van der Waals surface area contributed by atoms with Crippen molar-refractivity contribution >= 4 is 23.0 Å². The number of aliphatic imine (C=N–C) groups is 1. The molecular weight excluding hydrogens is 500 g/mol. The van der Waals surface area contributed by atoms with Crippen LogP contribution in [0.3, 0.4) is 0 Å². The maximum atomic E-state index is 14.1. The van der Waals surface area contributed by atoms with Gasteiger partial charge in [-0.2, -0.15) is 0 Å². The zero-order valence-electron chi connectivity index (χ0n) is 22.7. The number of halogens is 2. The molecule has 1 aromatic carbocycles. The summed E-state index contributed by atoms with van der Waals surface area (Å²) >= 11 is 0. The minimum atomic E-state index is -1.27. The predicted molar refractivity (Wildman–Crippen MR) is 150 cm³/mol. The van der Waals surface area contributed by atoms with Gasteiger partial charge in [-0.25, -0.2) is 8.78 Å². The quantitative estimate of drug-likeness (QED) is 0.190. The Labute approximate surface area is 229 Å². The normalized spacial score (nSPS) is 19.7. The number of ketones is 1. The Morgan fingerprint density at radius 3 is 2.79 bits per heavy atom. The molecule has 0 saturated carbocycles. The molecule has 0 spiro atoms. The molecule has 4 rings (SSSR count). The number of ether oxygens (including phenoxy) is 1. The number of benzene rings is 1. The molecule has 0 aliphatic heterocycles. The Hall–Kier alpha value is -3.23. The third-order valence-electron chi connectivity index (χ3n) is 7.30. The smallest absolute Gasteiger partial charge is 0.224 e. The van der Waals surface area contributed by atoms with Crippen LogP contribution in [-0.2, 0) is 9.53 Å². The number of amides is 1. The van der Waals surface area contributed by atoms with Crippen molar-refractivity contribution in [3.63, 3.8) is 0 Å². The van der Waals surface area contributed by atoms with Crippen molar-refractivity contribution in [3.8, 4) is 0 Å². The van der Waals surface area contributed by atoms with Crippen LogP contribution in [0.15, 0.2) is 70.2 Å². The first kappa shape index (κ1) is 28.8. The lowest BCUT2D eigenvalue weighted by atomic mass is 9.92. The van der Waals surface area contributed by atoms with Crippen LogP contribution in [-0.4, -0.2) is 50.5 Å². The summed E-state index contributed by atoms with van der Waals surface area (Å²) in [5.41, 5.74) is 5.40. The van der Waals surface area contributed by atoms with Crippen LogP contribution in [0.5, 0.6) is 0 Å². The molecule has 0 aromatic heterocycles. The van der Waals surface area contributed by atoms with E-state index in [-0.39, 0.29) is 24.0 Å². The molecule has 1 amide bonds.